The number of hydrogen-bond acceptors (Lipinski definition) is 0. The highest BCUT2D eigenvalue weighted by Crippen LogP contribution is 2.23. The van der Waals surface area contributed by atoms with Crippen LogP contribution >= 0.6 is 0 Å². The molecule has 0 radical (unpaired) electrons. The fourth-order valence-corrected chi connectivity index (χ4v) is 1.71. The molecule has 1 unspecified atom stereocenters. The van der Waals surface area contributed by atoms with E-state index in [0.717, 1.165) is 0 Å². The van der Waals surface area contributed by atoms with Gasteiger partial charge in [-0.15, -0.1) is 0 Å². The first-order valence-electron chi connectivity index (χ1n) is 4.88. The molecule has 2 rings (SSSR count). The summed E-state index contributed by atoms with van der Waals surface area (Å²) in [5.74, 6) is 0.660. The summed E-state index contributed by atoms with van der Waals surface area (Å²) in [6, 6.07) is 8.57. The molecule has 0 aliphatic carbocycles. The monoisotopic (exact) mass is 173 g/mol. The van der Waals surface area contributed by atoms with Crippen molar-refractivity contribution in [3.8, 4) is 0 Å². The molecule has 0 fully saturated rings. The summed E-state index contributed by atoms with van der Waals surface area (Å²) >= 11 is 0. The van der Waals surface area contributed by atoms with Crippen molar-refractivity contribution in [2.45, 2.75) is 26.2 Å². The molecule has 2 heterocycles. The van der Waals surface area contributed by atoms with Gasteiger partial charge in [0.15, 0.2) is 0 Å². The van der Waals surface area contributed by atoms with E-state index in [9.17, 15) is 0 Å². The van der Waals surface area contributed by atoms with Crippen molar-refractivity contribution < 1.29 is 0 Å². The number of nitrogens with zero attached hydrogens (tertiary/aromatic N) is 1. The lowest BCUT2D eigenvalue weighted by Gasteiger charge is -2.06. The Morgan fingerprint density at radius 1 is 1.23 bits per heavy atom. The molecular weight excluding hydrogens is 158 g/mol. The second-order valence-electron chi connectivity index (χ2n) is 3.57. The maximum absolute atomic E-state index is 2.28. The van der Waals surface area contributed by atoms with E-state index >= 15 is 0 Å². The average molecular weight is 173 g/mol. The molecule has 0 aliphatic heterocycles. The number of pyridine rings is 1. The maximum atomic E-state index is 2.28. The molecule has 2 aromatic heterocycles. The normalized spacial score (nSPS) is 13.4. The van der Waals surface area contributed by atoms with Crippen molar-refractivity contribution in [2.24, 2.45) is 0 Å². The molecule has 0 spiro atoms. The van der Waals surface area contributed by atoms with Crippen LogP contribution in [-0.2, 0) is 0 Å². The van der Waals surface area contributed by atoms with Crippen molar-refractivity contribution in [3.63, 3.8) is 0 Å². The molecule has 1 heteroatoms. The molecular formula is C12H15N. The Balaban J connectivity index is 2.57. The van der Waals surface area contributed by atoms with E-state index in [0.29, 0.717) is 5.92 Å². The molecule has 68 valence electrons. The predicted molar refractivity (Wildman–Crippen MR) is 56.1 cm³/mol. The Bertz CT molecular complexity index is 400. The molecule has 0 saturated heterocycles. The van der Waals surface area contributed by atoms with E-state index in [-0.39, 0.29) is 0 Å². The molecule has 2 aromatic rings. The Kier molecular flexibility index (Phi) is 2.09. The van der Waals surface area contributed by atoms with Crippen LogP contribution in [-0.4, -0.2) is 4.40 Å². The summed E-state index contributed by atoms with van der Waals surface area (Å²) in [5.41, 5.74) is 2.81. The Morgan fingerprint density at radius 3 is 2.85 bits per heavy atom. The molecule has 13 heavy (non-hydrogen) atoms. The van der Waals surface area contributed by atoms with Crippen LogP contribution in [0.15, 0.2) is 36.7 Å². The first-order chi connectivity index (χ1) is 6.33. The van der Waals surface area contributed by atoms with Crippen molar-refractivity contribution >= 4 is 5.52 Å². The topological polar surface area (TPSA) is 4.41 Å². The highest BCUT2D eigenvalue weighted by atomic mass is 14.8. The summed E-state index contributed by atoms with van der Waals surface area (Å²) in [4.78, 5) is 0. The van der Waals surface area contributed by atoms with Crippen LogP contribution in [0.4, 0.5) is 0 Å². The fraction of sp³-hybridized carbons (Fsp3) is 0.333. The van der Waals surface area contributed by atoms with Crippen molar-refractivity contribution in [2.75, 3.05) is 0 Å². The van der Waals surface area contributed by atoms with E-state index in [2.05, 4.69) is 54.9 Å². The lowest BCUT2D eigenvalue weighted by molar-refractivity contribution is 0.740. The molecule has 0 aromatic carbocycles. The predicted octanol–water partition coefficient (Wildman–Crippen LogP) is 3.45. The van der Waals surface area contributed by atoms with Gasteiger partial charge in [-0.25, -0.2) is 0 Å². The van der Waals surface area contributed by atoms with Gasteiger partial charge >= 0.3 is 0 Å². The minimum atomic E-state index is 0.660. The highest BCUT2D eigenvalue weighted by Gasteiger charge is 2.07. The van der Waals surface area contributed by atoms with Crippen molar-refractivity contribution in [3.05, 3.63) is 42.2 Å². The third kappa shape index (κ3) is 1.35. The van der Waals surface area contributed by atoms with Gasteiger partial charge in [-0.3, -0.25) is 0 Å². The van der Waals surface area contributed by atoms with Crippen LogP contribution in [0.2, 0.25) is 0 Å². The van der Waals surface area contributed by atoms with Gasteiger partial charge in [0.25, 0.3) is 0 Å². The summed E-state index contributed by atoms with van der Waals surface area (Å²) < 4.78 is 2.18. The lowest BCUT2D eigenvalue weighted by Crippen LogP contribution is -1.90. The van der Waals surface area contributed by atoms with E-state index in [4.69, 9.17) is 0 Å². The lowest BCUT2D eigenvalue weighted by atomic mass is 10.00. The van der Waals surface area contributed by atoms with Gasteiger partial charge in [0.1, 0.15) is 0 Å². The molecule has 0 amide bonds. The first-order valence-corrected chi connectivity index (χ1v) is 4.88. The zero-order valence-corrected chi connectivity index (χ0v) is 8.20. The minimum Gasteiger partial charge on any atom is -0.324 e. The van der Waals surface area contributed by atoms with Crippen LogP contribution in [0.1, 0.15) is 31.7 Å². The maximum Gasteiger partial charge on any atom is 0.0484 e. The number of hydrogen-bond donors (Lipinski definition) is 0. The summed E-state index contributed by atoms with van der Waals surface area (Å²) in [7, 11) is 0. The number of rotatable bonds is 2. The van der Waals surface area contributed by atoms with Crippen LogP contribution in [0, 0.1) is 0 Å². The SMILES string of the molecule is CCC(C)c1ccn2ccccc12. The van der Waals surface area contributed by atoms with E-state index in [1.807, 2.05) is 0 Å². The quantitative estimate of drug-likeness (QED) is 0.655. The average Bonchev–Trinajstić information content (AvgIpc) is 2.60. The smallest absolute Gasteiger partial charge is 0.0484 e. The van der Waals surface area contributed by atoms with Gasteiger partial charge < -0.3 is 4.40 Å². The highest BCUT2D eigenvalue weighted by molar-refractivity contribution is 5.56. The van der Waals surface area contributed by atoms with Gasteiger partial charge in [0.05, 0.1) is 0 Å². The second kappa shape index (κ2) is 3.25. The Morgan fingerprint density at radius 2 is 2.08 bits per heavy atom. The van der Waals surface area contributed by atoms with Gasteiger partial charge in [-0.05, 0) is 36.1 Å². The summed E-state index contributed by atoms with van der Waals surface area (Å²) in [5, 5.41) is 0. The minimum absolute atomic E-state index is 0.660. The van der Waals surface area contributed by atoms with Crippen molar-refractivity contribution in [1.82, 2.24) is 4.40 Å². The number of aromatic nitrogens is 1. The standard InChI is InChI=1S/C12H15N/c1-3-10(2)11-7-9-13-8-5-4-6-12(11)13/h4-10H,3H2,1-2H3. The fourth-order valence-electron chi connectivity index (χ4n) is 1.71. The van der Waals surface area contributed by atoms with Crippen LogP contribution in [0.25, 0.3) is 5.52 Å². The zero-order chi connectivity index (χ0) is 9.26. The molecule has 0 bridgehead atoms. The first kappa shape index (κ1) is 8.36. The van der Waals surface area contributed by atoms with Crippen LogP contribution in [0.3, 0.4) is 0 Å². The summed E-state index contributed by atoms with van der Waals surface area (Å²) in [6.45, 7) is 4.51. The van der Waals surface area contributed by atoms with Gasteiger partial charge in [0.2, 0.25) is 0 Å². The Labute approximate surface area is 79.0 Å². The second-order valence-corrected chi connectivity index (χ2v) is 3.57. The van der Waals surface area contributed by atoms with Gasteiger partial charge in [0, 0.05) is 17.9 Å². The van der Waals surface area contributed by atoms with E-state index in [1.54, 1.807) is 0 Å². The van der Waals surface area contributed by atoms with Crippen LogP contribution < -0.4 is 0 Å². The van der Waals surface area contributed by atoms with Gasteiger partial charge in [-0.1, -0.05) is 19.9 Å². The molecule has 0 aliphatic rings. The molecule has 1 nitrogen and oxygen atoms in total. The van der Waals surface area contributed by atoms with E-state index in [1.165, 1.54) is 17.5 Å². The van der Waals surface area contributed by atoms with Gasteiger partial charge in [-0.2, -0.15) is 0 Å². The zero-order valence-electron chi connectivity index (χ0n) is 8.20. The molecule has 0 saturated carbocycles. The Hall–Kier alpha value is -1.24. The summed E-state index contributed by atoms with van der Waals surface area (Å²) in [6.07, 6.45) is 5.44. The third-order valence-corrected chi connectivity index (χ3v) is 2.74. The third-order valence-electron chi connectivity index (χ3n) is 2.74. The number of fused-ring (bicyclic) bond motifs is 1. The largest absolute Gasteiger partial charge is 0.324 e. The van der Waals surface area contributed by atoms with E-state index < -0.39 is 0 Å². The molecule has 1 atom stereocenters. The molecule has 0 N–H and O–H groups in total. The van der Waals surface area contributed by atoms with Crippen molar-refractivity contribution in [1.29, 1.82) is 0 Å². The van der Waals surface area contributed by atoms with Crippen LogP contribution in [0.5, 0.6) is 0 Å².